The number of hydrogen-bond acceptors (Lipinski definition) is 9. The van der Waals surface area contributed by atoms with Crippen LogP contribution in [0.25, 0.3) is 89.0 Å². The van der Waals surface area contributed by atoms with Crippen LogP contribution in [0.1, 0.15) is 25.0 Å². The Labute approximate surface area is 468 Å². The van der Waals surface area contributed by atoms with Crippen molar-refractivity contribution >= 4 is 41.0 Å². The van der Waals surface area contributed by atoms with Crippen LogP contribution < -0.4 is 0 Å². The first-order chi connectivity index (χ1) is 38.2. The molecule has 406 valence electrons. The van der Waals surface area contributed by atoms with Crippen LogP contribution in [0.5, 0.6) is 0 Å². The normalized spacial score (nSPS) is 11.1. The predicted octanol–water partition coefficient (Wildman–Crippen LogP) is 15.1. The number of benzene rings is 10. The summed E-state index contributed by atoms with van der Waals surface area (Å²) in [5.41, 5.74) is 15.8. The second-order valence-corrected chi connectivity index (χ2v) is 22.5. The summed E-state index contributed by atoms with van der Waals surface area (Å²) >= 11 is 0. The van der Waals surface area contributed by atoms with Crippen molar-refractivity contribution < 1.29 is 51.5 Å². The molecule has 0 saturated carbocycles. The first kappa shape index (κ1) is 59.2. The van der Waals surface area contributed by atoms with Crippen molar-refractivity contribution in [3.63, 3.8) is 0 Å². The van der Waals surface area contributed by atoms with Gasteiger partial charge in [-0.25, -0.2) is 0 Å². The third-order valence-corrected chi connectivity index (χ3v) is 15.3. The van der Waals surface area contributed by atoms with E-state index in [2.05, 4.69) is 44.2 Å². The molecule has 0 fully saturated rings. The Morgan fingerprint density at radius 1 is 0.263 bits per heavy atom. The summed E-state index contributed by atoms with van der Waals surface area (Å²) in [6.07, 6.45) is 0. The highest BCUT2D eigenvalue weighted by molar-refractivity contribution is 7.86. The maximum Gasteiger partial charge on any atom is 0.425 e. The lowest BCUT2D eigenvalue weighted by Gasteiger charge is -2.22. The third-order valence-electron chi connectivity index (χ3n) is 12.7. The van der Waals surface area contributed by atoms with Gasteiger partial charge in [0.15, 0.2) is 0 Å². The van der Waals surface area contributed by atoms with Crippen molar-refractivity contribution in [1.29, 1.82) is 0 Å². The summed E-state index contributed by atoms with van der Waals surface area (Å²) in [6.45, 7) is 8.19. The molecular formula is C64H54O12S4. The van der Waals surface area contributed by atoms with E-state index in [0.29, 0.717) is 11.1 Å². The van der Waals surface area contributed by atoms with Crippen LogP contribution >= 0.6 is 0 Å². The molecule has 0 atom stereocenters. The number of rotatable bonds is 11. The van der Waals surface area contributed by atoms with E-state index in [0.717, 1.165) is 77.9 Å². The van der Waals surface area contributed by atoms with Crippen molar-refractivity contribution in [3.8, 4) is 89.0 Å². The van der Waals surface area contributed by atoms with E-state index in [4.69, 9.17) is 12.6 Å². The molecule has 80 heavy (non-hydrogen) atoms. The van der Waals surface area contributed by atoms with Gasteiger partial charge in [0.25, 0.3) is 30.4 Å². The van der Waals surface area contributed by atoms with E-state index in [1.165, 1.54) is 47.5 Å². The van der Waals surface area contributed by atoms with Crippen LogP contribution in [0.3, 0.4) is 0 Å². The van der Waals surface area contributed by atoms with Crippen LogP contribution in [-0.4, -0.2) is 51.5 Å². The first-order valence-electron chi connectivity index (χ1n) is 24.8. The molecule has 0 spiro atoms. The van der Waals surface area contributed by atoms with Crippen LogP contribution in [0.2, 0.25) is 0 Å². The van der Waals surface area contributed by atoms with E-state index in [9.17, 15) is 38.9 Å². The number of aryl methyl sites for hydroxylation is 2. The van der Waals surface area contributed by atoms with Crippen LogP contribution in [0.15, 0.2) is 251 Å². The van der Waals surface area contributed by atoms with Crippen LogP contribution in [0, 0.1) is 13.8 Å². The monoisotopic (exact) mass is 1140 g/mol. The molecule has 0 heterocycles. The zero-order valence-electron chi connectivity index (χ0n) is 43.7. The standard InChI is InChI=1S/C54H38O9S3.C8H10.C2H6.O3S/c55-64(56,57)44-26-20-37(21-27-44)48-33-32-47(36-10-4-1-5-11-36)53(51(48)40-12-6-2-7-13-40)42-16-18-43(19-17-42)54-50(39-24-30-46(31-25-39)66(61,62)63)35-34-49(52(54)41-14-8-3-9-15-41)38-22-28-45(29-23-38)65(58,59)60;1-7-3-5-8(2)6-4-7;1-2;1-4(2)3/h1-35H,(H,55,56,57)(H,58,59,60)(H,61,62,63);3-6H,1-2H3;1-2H3;. The maximum atomic E-state index is 12.1. The molecule has 12 nitrogen and oxygen atoms in total. The van der Waals surface area contributed by atoms with Gasteiger partial charge in [-0.15, -0.1) is 12.6 Å². The van der Waals surface area contributed by atoms with Gasteiger partial charge in [-0.05, 0) is 139 Å². The van der Waals surface area contributed by atoms with E-state index in [-0.39, 0.29) is 14.7 Å². The van der Waals surface area contributed by atoms with Crippen LogP contribution in [-0.2, 0) is 41.0 Å². The van der Waals surface area contributed by atoms with Gasteiger partial charge in [0, 0.05) is 0 Å². The lowest BCUT2D eigenvalue weighted by atomic mass is 9.81. The molecule has 16 heteroatoms. The van der Waals surface area contributed by atoms with Crippen LogP contribution in [0.4, 0.5) is 0 Å². The fourth-order valence-corrected chi connectivity index (χ4v) is 10.5. The SMILES string of the molecule is CC.Cc1ccc(C)cc1.O=S(=O)(O)c1ccc(-c2ccc(-c3ccccc3)c(-c3ccc(-c4c(-c5ccc(S(=O)(=O)O)cc5)ccc(-c5ccc(S(=O)(=O)O)cc5)c4-c4ccccc4)cc3)c2-c2ccccc2)cc1.O=S(=O)=O. The molecule has 3 N–H and O–H groups in total. The Balaban J connectivity index is 0.000000586. The molecule has 10 aromatic carbocycles. The Bertz CT molecular complexity index is 4190. The fourth-order valence-electron chi connectivity index (χ4n) is 9.05. The highest BCUT2D eigenvalue weighted by Crippen LogP contribution is 2.49. The highest BCUT2D eigenvalue weighted by Gasteiger charge is 2.24. The van der Waals surface area contributed by atoms with Crippen molar-refractivity contribution in [3.05, 3.63) is 248 Å². The highest BCUT2D eigenvalue weighted by atomic mass is 32.2. The number of hydrogen-bond donors (Lipinski definition) is 3. The van der Waals surface area contributed by atoms with Crippen molar-refractivity contribution in [2.75, 3.05) is 0 Å². The van der Waals surface area contributed by atoms with Gasteiger partial charge in [0.05, 0.1) is 14.7 Å². The third kappa shape index (κ3) is 14.6. The largest absolute Gasteiger partial charge is 0.425 e. The summed E-state index contributed by atoms with van der Waals surface area (Å²) in [4.78, 5) is -0.717. The molecule has 0 unspecified atom stereocenters. The van der Waals surface area contributed by atoms with Crippen molar-refractivity contribution in [2.45, 2.75) is 42.4 Å². The molecule has 0 aromatic heterocycles. The summed E-state index contributed by atoms with van der Waals surface area (Å²) in [5.74, 6) is 0. The summed E-state index contributed by atoms with van der Waals surface area (Å²) in [5, 5.41) is 0. The smallest absolute Gasteiger partial charge is 0.282 e. The maximum absolute atomic E-state index is 12.1. The fraction of sp³-hybridized carbons (Fsp3) is 0.0625. The van der Waals surface area contributed by atoms with Gasteiger partial charge in [-0.2, -0.15) is 25.3 Å². The Kier molecular flexibility index (Phi) is 19.3. The van der Waals surface area contributed by atoms with Gasteiger partial charge >= 0.3 is 10.6 Å². The van der Waals surface area contributed by atoms with Gasteiger partial charge in [0.1, 0.15) is 0 Å². The average molecular weight is 1140 g/mol. The quantitative estimate of drug-likeness (QED) is 0.103. The zero-order valence-corrected chi connectivity index (χ0v) is 46.9. The minimum Gasteiger partial charge on any atom is -0.282 e. The van der Waals surface area contributed by atoms with E-state index >= 15 is 0 Å². The van der Waals surface area contributed by atoms with Gasteiger partial charge in [0.2, 0.25) is 0 Å². The predicted molar refractivity (Wildman–Crippen MR) is 316 cm³/mol. The Hall–Kier alpha value is -8.45. The topological polar surface area (TPSA) is 214 Å². The second kappa shape index (κ2) is 26.0. The zero-order chi connectivity index (χ0) is 57.8. The van der Waals surface area contributed by atoms with Gasteiger partial charge in [-0.1, -0.05) is 225 Å². The molecule has 0 saturated heterocycles. The van der Waals surface area contributed by atoms with E-state index in [1.807, 2.05) is 147 Å². The van der Waals surface area contributed by atoms with Gasteiger partial charge in [-0.3, -0.25) is 13.7 Å². The first-order valence-corrected chi connectivity index (χ1v) is 30.1. The van der Waals surface area contributed by atoms with E-state index < -0.39 is 41.0 Å². The minimum atomic E-state index is -4.47. The molecule has 0 aliphatic rings. The lowest BCUT2D eigenvalue weighted by molar-refractivity contribution is 0.481. The molecule has 0 aliphatic heterocycles. The molecule has 10 rings (SSSR count). The molecule has 10 aromatic rings. The van der Waals surface area contributed by atoms with Crippen molar-refractivity contribution in [1.82, 2.24) is 0 Å². The lowest BCUT2D eigenvalue weighted by Crippen LogP contribution is -1.99. The molecule has 0 bridgehead atoms. The second-order valence-electron chi connectivity index (χ2n) is 17.9. The summed E-state index contributed by atoms with van der Waals surface area (Å²) in [7, 11) is -16.5. The molecule has 0 amide bonds. The van der Waals surface area contributed by atoms with Gasteiger partial charge < -0.3 is 0 Å². The average Bonchev–Trinajstić information content (AvgIpc) is 3.62. The Morgan fingerprint density at radius 3 is 0.650 bits per heavy atom. The Morgan fingerprint density at radius 2 is 0.438 bits per heavy atom. The summed E-state index contributed by atoms with van der Waals surface area (Å²) < 4.78 is 127. The minimum absolute atomic E-state index is 0.216. The molecular weight excluding hydrogens is 1090 g/mol. The summed E-state index contributed by atoms with van der Waals surface area (Å²) in [6, 6.07) is 72.2. The molecule has 0 radical (unpaired) electrons. The van der Waals surface area contributed by atoms with E-state index in [1.54, 1.807) is 36.4 Å². The molecule has 0 aliphatic carbocycles. The van der Waals surface area contributed by atoms with Crippen molar-refractivity contribution in [2.24, 2.45) is 0 Å².